The van der Waals surface area contributed by atoms with Gasteiger partial charge in [0.25, 0.3) is 11.7 Å². The Morgan fingerprint density at radius 1 is 0.926 bits per heavy atom. The van der Waals surface area contributed by atoms with Crippen LogP contribution in [0.25, 0.3) is 0 Å². The molecular weight excluding hydrogens is 871 g/mol. The lowest BCUT2D eigenvalue weighted by molar-refractivity contribution is -0.302. The van der Waals surface area contributed by atoms with Crippen molar-refractivity contribution < 1.29 is 62.5 Å². The van der Waals surface area contributed by atoms with Crippen molar-refractivity contribution in [2.75, 3.05) is 41.1 Å². The molecule has 4 aliphatic rings. The Hall–Kier alpha value is -3.60. The summed E-state index contributed by atoms with van der Waals surface area (Å²) in [5.41, 5.74) is 2.69. The largest absolute Gasteiger partial charge is 0.456 e. The fourth-order valence-corrected chi connectivity index (χ4v) is 10.9. The van der Waals surface area contributed by atoms with Crippen molar-refractivity contribution in [1.29, 1.82) is 0 Å². The number of hydrogen-bond acceptors (Lipinski definition) is 13. The molecule has 1 aromatic rings. The Kier molecular flexibility index (Phi) is 21.2. The summed E-state index contributed by atoms with van der Waals surface area (Å²) in [5.74, 6) is -7.56. The number of piperidine rings is 1. The lowest BCUT2D eigenvalue weighted by atomic mass is 9.81. The smallest absolute Gasteiger partial charge is 0.329 e. The number of hydrogen-bond donors (Lipinski definition) is 2. The topological polar surface area (TPSA) is 177 Å². The molecule has 2 N–H and O–H groups in total. The molecule has 3 fully saturated rings. The zero-order valence-corrected chi connectivity index (χ0v) is 42.1. The number of aliphatic hydroxyl groups is 2. The van der Waals surface area contributed by atoms with Gasteiger partial charge in [-0.1, -0.05) is 81.8 Å². The summed E-state index contributed by atoms with van der Waals surface area (Å²) in [4.78, 5) is 58.6. The van der Waals surface area contributed by atoms with Gasteiger partial charge >= 0.3 is 5.97 Å². The predicted molar refractivity (Wildman–Crippen MR) is 257 cm³/mol. The van der Waals surface area contributed by atoms with Crippen molar-refractivity contribution in [2.45, 2.75) is 173 Å². The van der Waals surface area contributed by atoms with Gasteiger partial charge < -0.3 is 48.3 Å². The maximum atomic E-state index is 14.6. The van der Waals surface area contributed by atoms with Crippen molar-refractivity contribution in [2.24, 2.45) is 29.6 Å². The van der Waals surface area contributed by atoms with Crippen LogP contribution in [0.5, 0.6) is 0 Å². The summed E-state index contributed by atoms with van der Waals surface area (Å²) >= 11 is 0. The van der Waals surface area contributed by atoms with Gasteiger partial charge in [0.2, 0.25) is 5.79 Å². The number of esters is 1. The second-order valence-electron chi connectivity index (χ2n) is 20.0. The van der Waals surface area contributed by atoms with Crippen LogP contribution in [-0.4, -0.2) is 134 Å². The second kappa shape index (κ2) is 26.0. The third-order valence-electron chi connectivity index (χ3n) is 14.9. The highest BCUT2D eigenvalue weighted by Crippen LogP contribution is 2.40. The van der Waals surface area contributed by atoms with E-state index in [1.165, 1.54) is 19.1 Å². The summed E-state index contributed by atoms with van der Waals surface area (Å²) in [6.45, 7) is 15.9. The molecule has 3 heterocycles. The number of fused-ring (bicyclic) bond motifs is 3. The monoisotopic (exact) mass is 952 g/mol. The Balaban J connectivity index is 1.45. The summed E-state index contributed by atoms with van der Waals surface area (Å²) in [7, 11) is 4.75. The molecule has 5 rings (SSSR count). The molecule has 15 atom stereocenters. The maximum absolute atomic E-state index is 14.6. The highest BCUT2D eigenvalue weighted by atomic mass is 16.7. The van der Waals surface area contributed by atoms with Gasteiger partial charge in [0, 0.05) is 52.0 Å². The minimum Gasteiger partial charge on any atom is -0.456 e. The number of ether oxygens (including phenoxy) is 7. The van der Waals surface area contributed by atoms with Crippen molar-refractivity contribution in [1.82, 2.24) is 4.90 Å². The molecule has 15 unspecified atom stereocenters. The van der Waals surface area contributed by atoms with Crippen LogP contribution < -0.4 is 0 Å². The minimum absolute atomic E-state index is 0.000581. The third-order valence-corrected chi connectivity index (χ3v) is 14.9. The second-order valence-corrected chi connectivity index (χ2v) is 20.0. The van der Waals surface area contributed by atoms with E-state index in [1.54, 1.807) is 27.0 Å². The van der Waals surface area contributed by atoms with Gasteiger partial charge in [-0.05, 0) is 101 Å². The lowest BCUT2D eigenvalue weighted by Gasteiger charge is -2.47. The quantitative estimate of drug-likeness (QED) is 0.113. The molecule has 1 amide bonds. The van der Waals surface area contributed by atoms with Crippen LogP contribution in [0, 0.1) is 29.6 Å². The van der Waals surface area contributed by atoms with E-state index in [4.69, 9.17) is 33.2 Å². The SMILES string of the molecule is C=CCOC(COC1CCC(C=C(C)C2OC(=O)C3CCCCN3C(=O)C(=O)C3(O)OC(C(OC)CC(C)CC(C)=CC(CC)C(=O)CC(O)C2C)C(OC)CC3C)CC1OC)c1ccccc1. The molecule has 0 aromatic heterocycles. The number of Topliss-reactive ketones (excluding diaryl/α,β-unsaturated/α-hetero) is 2. The van der Waals surface area contributed by atoms with Crippen molar-refractivity contribution >= 4 is 23.4 Å². The van der Waals surface area contributed by atoms with Crippen molar-refractivity contribution in [3.05, 3.63) is 71.8 Å². The lowest BCUT2D eigenvalue weighted by Crippen LogP contribution is -2.64. The number of rotatable bonds is 13. The summed E-state index contributed by atoms with van der Waals surface area (Å²) < 4.78 is 43.1. The number of nitrogens with zero attached hydrogens (tertiary/aromatic N) is 1. The highest BCUT2D eigenvalue weighted by Gasteiger charge is 2.56. The first-order valence-electron chi connectivity index (χ1n) is 25.0. The van der Waals surface area contributed by atoms with E-state index < -0.39 is 77.8 Å². The first-order chi connectivity index (χ1) is 32.5. The van der Waals surface area contributed by atoms with E-state index >= 15 is 0 Å². The molecule has 1 aromatic carbocycles. The van der Waals surface area contributed by atoms with E-state index in [-0.39, 0.29) is 61.7 Å². The highest BCUT2D eigenvalue weighted by molar-refractivity contribution is 6.39. The number of amides is 1. The standard InChI is InChI=1S/C54H81NO13/c1-11-24-65-48(40-18-14-13-15-19-40)32-66-44-22-21-38(30-45(44)62-8)28-35(5)49-37(7)42(56)31-43(57)39(12-2)26-33(3)25-34(4)27-46(63-9)50-47(64-10)29-36(6)54(61,68-50)51(58)52(59)55-23-17-16-20-41(55)53(60)67-49/h11,13-15,18-19,26,28,34,36-39,41-42,44-50,56,61H,1,12,16-17,20-25,27,29-32H2,2-10H3. The van der Waals surface area contributed by atoms with Crippen LogP contribution in [0.3, 0.4) is 0 Å². The van der Waals surface area contributed by atoms with E-state index in [2.05, 4.69) is 19.6 Å². The zero-order chi connectivity index (χ0) is 49.7. The summed E-state index contributed by atoms with van der Waals surface area (Å²) in [6, 6.07) is 8.78. The van der Waals surface area contributed by atoms with Gasteiger partial charge in [0.05, 0.1) is 43.7 Å². The molecule has 68 heavy (non-hydrogen) atoms. The molecule has 14 nitrogen and oxygen atoms in total. The number of benzene rings is 1. The van der Waals surface area contributed by atoms with Crippen LogP contribution in [-0.2, 0) is 52.3 Å². The van der Waals surface area contributed by atoms with Crippen molar-refractivity contribution in [3.63, 3.8) is 0 Å². The number of aliphatic hydroxyl groups excluding tert-OH is 1. The normalized spacial score (nSPS) is 35.9. The van der Waals surface area contributed by atoms with Crippen LogP contribution in [0.1, 0.15) is 124 Å². The predicted octanol–water partition coefficient (Wildman–Crippen LogP) is 7.44. The van der Waals surface area contributed by atoms with Gasteiger partial charge in [0.1, 0.15) is 30.1 Å². The number of methoxy groups -OCH3 is 3. The van der Waals surface area contributed by atoms with Crippen LogP contribution in [0.2, 0.25) is 0 Å². The number of ketones is 2. The number of allylic oxidation sites excluding steroid dienone is 3. The molecule has 380 valence electrons. The van der Waals surface area contributed by atoms with Crippen LogP contribution in [0.4, 0.5) is 0 Å². The van der Waals surface area contributed by atoms with Crippen molar-refractivity contribution in [3.8, 4) is 0 Å². The first-order valence-corrected chi connectivity index (χ1v) is 25.0. The molecule has 3 aliphatic heterocycles. The molecule has 2 bridgehead atoms. The summed E-state index contributed by atoms with van der Waals surface area (Å²) in [5, 5.41) is 24.0. The van der Waals surface area contributed by atoms with Gasteiger partial charge in [-0.25, -0.2) is 4.79 Å². The molecule has 14 heteroatoms. The number of carbonyl (C=O) groups excluding carboxylic acids is 4. The average molecular weight is 952 g/mol. The molecular formula is C54H81NO13. The van der Waals surface area contributed by atoms with Gasteiger partial charge in [-0.15, -0.1) is 6.58 Å². The average Bonchev–Trinajstić information content (AvgIpc) is 3.34. The van der Waals surface area contributed by atoms with Crippen LogP contribution >= 0.6 is 0 Å². The fraction of sp³-hybridized carbons (Fsp3) is 0.704. The van der Waals surface area contributed by atoms with Crippen LogP contribution in [0.15, 0.2) is 66.3 Å². The van der Waals surface area contributed by atoms with E-state index in [0.29, 0.717) is 63.7 Å². The molecule has 0 radical (unpaired) electrons. The molecule has 2 saturated heterocycles. The fourth-order valence-electron chi connectivity index (χ4n) is 10.9. The number of carbonyl (C=O) groups is 4. The van der Waals surface area contributed by atoms with E-state index in [9.17, 15) is 29.4 Å². The molecule has 0 spiro atoms. The Bertz CT molecular complexity index is 1890. The molecule has 1 aliphatic carbocycles. The Morgan fingerprint density at radius 3 is 2.28 bits per heavy atom. The maximum Gasteiger partial charge on any atom is 0.329 e. The number of cyclic esters (lactones) is 1. The van der Waals surface area contributed by atoms with Gasteiger partial charge in [-0.2, -0.15) is 0 Å². The zero-order valence-electron chi connectivity index (χ0n) is 42.1. The first kappa shape index (κ1) is 55.3. The minimum atomic E-state index is -2.51. The summed E-state index contributed by atoms with van der Waals surface area (Å²) in [6.07, 6.45) is 5.90. The van der Waals surface area contributed by atoms with E-state index in [1.807, 2.05) is 57.2 Å². The molecule has 1 saturated carbocycles. The Morgan fingerprint density at radius 2 is 1.62 bits per heavy atom. The van der Waals surface area contributed by atoms with E-state index in [0.717, 1.165) is 17.6 Å². The Labute approximate surface area is 405 Å². The van der Waals surface area contributed by atoms with Gasteiger partial charge in [0.15, 0.2) is 0 Å². The van der Waals surface area contributed by atoms with Gasteiger partial charge in [-0.3, -0.25) is 14.4 Å². The third kappa shape index (κ3) is 13.8.